The molecule has 7 heteroatoms. The molecule has 1 aliphatic rings. The number of ether oxygens (including phenoxy) is 1. The van der Waals surface area contributed by atoms with Crippen LogP contribution in [0.25, 0.3) is 0 Å². The zero-order valence-electron chi connectivity index (χ0n) is 12.9. The van der Waals surface area contributed by atoms with E-state index in [9.17, 15) is 14.7 Å². The monoisotopic (exact) mass is 390 g/mol. The van der Waals surface area contributed by atoms with Crippen LogP contribution in [0, 0.1) is 0 Å². The van der Waals surface area contributed by atoms with Crippen LogP contribution in [-0.2, 0) is 22.4 Å². The molecule has 24 heavy (non-hydrogen) atoms. The van der Waals surface area contributed by atoms with Gasteiger partial charge in [-0.15, -0.1) is 0 Å². The van der Waals surface area contributed by atoms with E-state index >= 15 is 0 Å². The van der Waals surface area contributed by atoms with E-state index in [4.69, 9.17) is 4.74 Å². The molecular weight excluding hydrogens is 376 g/mol. The van der Waals surface area contributed by atoms with Crippen LogP contribution in [0.3, 0.4) is 0 Å². The summed E-state index contributed by atoms with van der Waals surface area (Å²) in [5, 5.41) is 12.7. The van der Waals surface area contributed by atoms with Crippen molar-refractivity contribution in [2.45, 2.75) is 18.4 Å². The number of methoxy groups -OCH3 is 1. The Balaban J connectivity index is 1.94. The fourth-order valence-corrected chi connectivity index (χ4v) is 3.27. The van der Waals surface area contributed by atoms with Crippen molar-refractivity contribution < 1.29 is 19.4 Å². The third-order valence-corrected chi connectivity index (χ3v) is 4.76. The predicted octanol–water partition coefficient (Wildman–Crippen LogP) is 1.99. The van der Waals surface area contributed by atoms with Crippen LogP contribution in [0.1, 0.15) is 21.6 Å². The molecule has 1 amide bonds. The minimum Gasteiger partial charge on any atom is -0.504 e. The van der Waals surface area contributed by atoms with Crippen molar-refractivity contribution >= 4 is 27.8 Å². The number of amides is 1. The molecule has 0 saturated carbocycles. The number of aromatic nitrogens is 1. The Bertz CT molecular complexity index is 797. The van der Waals surface area contributed by atoms with Crippen LogP contribution in [-0.4, -0.2) is 34.6 Å². The second-order valence-electron chi connectivity index (χ2n) is 5.64. The number of pyridine rings is 1. The lowest BCUT2D eigenvalue weighted by Gasteiger charge is -2.27. The van der Waals surface area contributed by atoms with E-state index in [2.05, 4.69) is 26.2 Å². The van der Waals surface area contributed by atoms with Crippen LogP contribution in [0.15, 0.2) is 41.0 Å². The normalized spacial score (nSPS) is 14.8. The minimum absolute atomic E-state index is 0.149. The minimum atomic E-state index is -1.20. The Morgan fingerprint density at radius 2 is 1.88 bits per heavy atom. The molecule has 1 aromatic carbocycles. The lowest BCUT2D eigenvalue weighted by molar-refractivity contribution is -0.147. The summed E-state index contributed by atoms with van der Waals surface area (Å²) in [5.41, 5.74) is 0.610. The summed E-state index contributed by atoms with van der Waals surface area (Å²) in [6.07, 6.45) is 2.06. The third kappa shape index (κ3) is 2.75. The highest BCUT2D eigenvalue weighted by atomic mass is 79.9. The predicted molar refractivity (Wildman–Crippen MR) is 89.7 cm³/mol. The first-order valence-electron chi connectivity index (χ1n) is 7.28. The van der Waals surface area contributed by atoms with Crippen LogP contribution in [0.5, 0.6) is 5.75 Å². The van der Waals surface area contributed by atoms with E-state index in [1.807, 2.05) is 24.3 Å². The summed E-state index contributed by atoms with van der Waals surface area (Å²) >= 11 is 3.14. The summed E-state index contributed by atoms with van der Waals surface area (Å²) in [6.45, 7) is 0. The number of halogens is 1. The molecule has 1 aliphatic carbocycles. The van der Waals surface area contributed by atoms with Crippen LogP contribution in [0.4, 0.5) is 0 Å². The summed E-state index contributed by atoms with van der Waals surface area (Å²) in [7, 11) is 1.29. The first kappa shape index (κ1) is 16.4. The van der Waals surface area contributed by atoms with Gasteiger partial charge in [-0.25, -0.2) is 9.78 Å². The quantitative estimate of drug-likeness (QED) is 0.782. The van der Waals surface area contributed by atoms with E-state index in [1.165, 1.54) is 19.4 Å². The van der Waals surface area contributed by atoms with Gasteiger partial charge in [0.2, 0.25) is 0 Å². The highest BCUT2D eigenvalue weighted by Gasteiger charge is 2.46. The summed E-state index contributed by atoms with van der Waals surface area (Å²) in [5.74, 6) is -1.43. The number of esters is 1. The third-order valence-electron chi connectivity index (χ3n) is 4.12. The van der Waals surface area contributed by atoms with Gasteiger partial charge in [0.1, 0.15) is 5.54 Å². The first-order valence-corrected chi connectivity index (χ1v) is 8.07. The topological polar surface area (TPSA) is 88.5 Å². The molecular formula is C17H15BrN2O4. The smallest absolute Gasteiger partial charge is 0.332 e. The molecule has 0 radical (unpaired) electrons. The maximum Gasteiger partial charge on any atom is 0.332 e. The molecule has 0 aliphatic heterocycles. The van der Waals surface area contributed by atoms with Gasteiger partial charge in [0, 0.05) is 19.0 Å². The molecule has 0 atom stereocenters. The molecule has 3 rings (SSSR count). The van der Waals surface area contributed by atoms with Crippen LogP contribution in [0.2, 0.25) is 0 Å². The van der Waals surface area contributed by atoms with Crippen molar-refractivity contribution in [3.63, 3.8) is 0 Å². The Morgan fingerprint density at radius 3 is 2.46 bits per heavy atom. The molecule has 2 N–H and O–H groups in total. The van der Waals surface area contributed by atoms with E-state index in [-0.39, 0.29) is 11.4 Å². The van der Waals surface area contributed by atoms with Gasteiger partial charge >= 0.3 is 5.97 Å². The van der Waals surface area contributed by atoms with E-state index < -0.39 is 17.4 Å². The highest BCUT2D eigenvalue weighted by molar-refractivity contribution is 9.10. The fourth-order valence-electron chi connectivity index (χ4n) is 2.97. The molecule has 1 heterocycles. The number of nitrogens with one attached hydrogen (secondary N) is 1. The number of hydrogen-bond donors (Lipinski definition) is 2. The number of fused-ring (bicyclic) bond motifs is 1. The first-order chi connectivity index (χ1) is 11.5. The van der Waals surface area contributed by atoms with E-state index in [0.717, 1.165) is 11.1 Å². The van der Waals surface area contributed by atoms with E-state index in [0.29, 0.717) is 17.3 Å². The Kier molecular flexibility index (Phi) is 4.28. The van der Waals surface area contributed by atoms with Crippen LogP contribution < -0.4 is 5.32 Å². The number of carbonyl (C=O) groups is 2. The lowest BCUT2D eigenvalue weighted by Crippen LogP contribution is -2.56. The summed E-state index contributed by atoms with van der Waals surface area (Å²) < 4.78 is 5.26. The second kappa shape index (κ2) is 6.24. The molecule has 0 spiro atoms. The van der Waals surface area contributed by atoms with Gasteiger partial charge in [-0.2, -0.15) is 0 Å². The molecule has 0 fully saturated rings. The van der Waals surface area contributed by atoms with Crippen molar-refractivity contribution in [2.75, 3.05) is 7.11 Å². The second-order valence-corrected chi connectivity index (χ2v) is 6.49. The molecule has 1 aromatic heterocycles. The molecule has 6 nitrogen and oxygen atoms in total. The summed E-state index contributed by atoms with van der Waals surface area (Å²) in [4.78, 5) is 28.9. The van der Waals surface area contributed by atoms with Gasteiger partial charge in [0.05, 0.1) is 11.6 Å². The molecule has 0 saturated heterocycles. The van der Waals surface area contributed by atoms with Crippen molar-refractivity contribution in [1.82, 2.24) is 10.3 Å². The number of hydrogen-bond acceptors (Lipinski definition) is 5. The van der Waals surface area contributed by atoms with Gasteiger partial charge < -0.3 is 15.2 Å². The zero-order chi connectivity index (χ0) is 17.3. The summed E-state index contributed by atoms with van der Waals surface area (Å²) in [6, 6.07) is 9.13. The van der Waals surface area contributed by atoms with Gasteiger partial charge in [0.15, 0.2) is 11.4 Å². The number of benzene rings is 1. The number of rotatable bonds is 3. The number of carbonyl (C=O) groups excluding carboxylic acids is 2. The molecule has 0 bridgehead atoms. The fraction of sp³-hybridized carbons (Fsp3) is 0.235. The molecule has 2 aromatic rings. The average Bonchev–Trinajstić information content (AvgIpc) is 2.95. The number of nitrogens with zero attached hydrogens (tertiary/aromatic N) is 1. The Morgan fingerprint density at radius 1 is 1.25 bits per heavy atom. The maximum atomic E-state index is 12.6. The number of aromatic hydroxyl groups is 1. The van der Waals surface area contributed by atoms with Gasteiger partial charge in [-0.3, -0.25) is 4.79 Å². The Hall–Kier alpha value is -2.41. The van der Waals surface area contributed by atoms with Crippen molar-refractivity contribution in [3.05, 3.63) is 57.8 Å². The molecule has 0 unspecified atom stereocenters. The lowest BCUT2D eigenvalue weighted by atomic mass is 9.95. The Labute approximate surface area is 147 Å². The standard InChI is InChI=1S/C17H15BrN2O4/c1-24-16(23)17(8-10-4-2-3-5-11(10)9-17)20-15(22)13-14(21)12(18)6-7-19-13/h2-7,21H,8-9H2,1H3,(H,20,22). The maximum absolute atomic E-state index is 12.6. The molecule has 124 valence electrons. The van der Waals surface area contributed by atoms with Crippen LogP contribution >= 0.6 is 15.9 Å². The zero-order valence-corrected chi connectivity index (χ0v) is 14.5. The largest absolute Gasteiger partial charge is 0.504 e. The van der Waals surface area contributed by atoms with Gasteiger partial charge in [0.25, 0.3) is 5.91 Å². The van der Waals surface area contributed by atoms with Crippen molar-refractivity contribution in [2.24, 2.45) is 0 Å². The van der Waals surface area contributed by atoms with Crippen molar-refractivity contribution in [3.8, 4) is 5.75 Å². The van der Waals surface area contributed by atoms with Gasteiger partial charge in [-0.05, 0) is 33.1 Å². The van der Waals surface area contributed by atoms with E-state index in [1.54, 1.807) is 0 Å². The SMILES string of the molecule is COC(=O)C1(NC(=O)c2nccc(Br)c2O)Cc2ccccc2C1. The average molecular weight is 391 g/mol. The highest BCUT2D eigenvalue weighted by Crippen LogP contribution is 2.32. The van der Waals surface area contributed by atoms with Crippen molar-refractivity contribution in [1.29, 1.82) is 0 Å². The van der Waals surface area contributed by atoms with Gasteiger partial charge in [-0.1, -0.05) is 24.3 Å².